The molecule has 3 aromatic rings. The SMILES string of the molecule is CNC(=O)N1CCN(S(=O)(=O)c2cnc3n2[C@](C)(Cc2ccc(C4=CN([O-])CC=C4)cc2)C(=O)N3c2cc(Cl)cc(Cl)c2)CC1. The maximum atomic E-state index is 14.4. The van der Waals surface area contributed by atoms with Crippen LogP contribution >= 0.6 is 23.2 Å². The summed E-state index contributed by atoms with van der Waals surface area (Å²) in [7, 11) is -2.62. The van der Waals surface area contributed by atoms with Crippen LogP contribution in [0.5, 0.6) is 0 Å². The molecule has 1 saturated heterocycles. The van der Waals surface area contributed by atoms with Gasteiger partial charge in [0.25, 0.3) is 15.9 Å². The van der Waals surface area contributed by atoms with Crippen molar-refractivity contribution >= 4 is 62.4 Å². The van der Waals surface area contributed by atoms with Crippen LogP contribution in [0.15, 0.2) is 72.0 Å². The quantitative estimate of drug-likeness (QED) is 0.416. The molecule has 3 amide bonds. The smallest absolute Gasteiger partial charge is 0.317 e. The Hall–Kier alpha value is -3.88. The number of sulfonamides is 1. The number of carbonyl (C=O) groups excluding carboxylic acids is 2. The van der Waals surface area contributed by atoms with Crippen LogP contribution in [0.1, 0.15) is 18.1 Å². The van der Waals surface area contributed by atoms with Crippen molar-refractivity contribution in [1.82, 2.24) is 29.1 Å². The Morgan fingerprint density at radius 2 is 1.73 bits per heavy atom. The van der Waals surface area contributed by atoms with Gasteiger partial charge in [-0.05, 0) is 48.0 Å². The van der Waals surface area contributed by atoms with Crippen LogP contribution in [0.25, 0.3) is 5.57 Å². The highest BCUT2D eigenvalue weighted by atomic mass is 35.5. The van der Waals surface area contributed by atoms with Crippen molar-refractivity contribution in [1.29, 1.82) is 0 Å². The fourth-order valence-electron chi connectivity index (χ4n) is 5.95. The number of anilines is 2. The van der Waals surface area contributed by atoms with Crippen LogP contribution in [-0.4, -0.2) is 83.9 Å². The van der Waals surface area contributed by atoms with E-state index < -0.39 is 21.5 Å². The highest BCUT2D eigenvalue weighted by molar-refractivity contribution is 7.89. The molecule has 0 bridgehead atoms. The van der Waals surface area contributed by atoms with Crippen LogP contribution in [0.3, 0.4) is 0 Å². The second kappa shape index (κ2) is 11.8. The summed E-state index contributed by atoms with van der Waals surface area (Å²) in [5.74, 6) is -0.290. The Kier molecular flexibility index (Phi) is 8.16. The van der Waals surface area contributed by atoms with Crippen LogP contribution in [0.4, 0.5) is 16.4 Å². The molecular formula is C30H30Cl2N7O5S-. The number of hydrogen-bond acceptors (Lipinski definition) is 7. The summed E-state index contributed by atoms with van der Waals surface area (Å²) in [5, 5.41) is 15.7. The summed E-state index contributed by atoms with van der Waals surface area (Å²) in [5.41, 5.74) is 1.30. The minimum absolute atomic E-state index is 0.0844. The number of urea groups is 1. The number of rotatable bonds is 6. The third-order valence-electron chi connectivity index (χ3n) is 8.22. The zero-order valence-electron chi connectivity index (χ0n) is 24.5. The van der Waals surface area contributed by atoms with E-state index in [4.69, 9.17) is 23.2 Å². The number of benzene rings is 2. The number of amides is 3. The molecular weight excluding hydrogens is 641 g/mol. The first kappa shape index (κ1) is 31.1. The molecule has 0 aliphatic carbocycles. The third-order valence-corrected chi connectivity index (χ3v) is 10.5. The second-order valence-corrected chi connectivity index (χ2v) is 13.9. The number of aromatic nitrogens is 2. The van der Waals surface area contributed by atoms with Gasteiger partial charge in [-0.1, -0.05) is 59.6 Å². The molecule has 0 spiro atoms. The van der Waals surface area contributed by atoms with Crippen molar-refractivity contribution in [2.45, 2.75) is 23.9 Å². The van der Waals surface area contributed by atoms with Crippen molar-refractivity contribution in [2.75, 3.05) is 44.7 Å². The van der Waals surface area contributed by atoms with Gasteiger partial charge in [-0.25, -0.2) is 23.1 Å². The molecule has 12 nitrogen and oxygen atoms in total. The van der Waals surface area contributed by atoms with Gasteiger partial charge in [0.15, 0.2) is 5.03 Å². The second-order valence-electron chi connectivity index (χ2n) is 11.2. The van der Waals surface area contributed by atoms with E-state index in [9.17, 15) is 23.2 Å². The molecule has 1 N–H and O–H groups in total. The van der Waals surface area contributed by atoms with E-state index in [-0.39, 0.29) is 49.6 Å². The van der Waals surface area contributed by atoms with Gasteiger partial charge in [0.2, 0.25) is 5.95 Å². The van der Waals surface area contributed by atoms with Crippen molar-refractivity contribution < 1.29 is 18.0 Å². The number of nitrogens with one attached hydrogen (secondary N) is 1. The van der Waals surface area contributed by atoms with Gasteiger partial charge in [0.1, 0.15) is 5.54 Å². The lowest BCUT2D eigenvalue weighted by molar-refractivity contribution is -0.124. The normalized spacial score (nSPS) is 20.4. The average Bonchev–Trinajstić information content (AvgIpc) is 3.54. The molecule has 15 heteroatoms. The fraction of sp³-hybridized carbons (Fsp3) is 0.300. The number of allylic oxidation sites excluding steroid dienone is 2. The summed E-state index contributed by atoms with van der Waals surface area (Å²) in [4.78, 5) is 33.8. The van der Waals surface area contributed by atoms with Crippen LogP contribution in [-0.2, 0) is 26.8 Å². The first-order chi connectivity index (χ1) is 21.4. The highest BCUT2D eigenvalue weighted by Crippen LogP contribution is 2.45. The number of hydrogen-bond donors (Lipinski definition) is 1. The van der Waals surface area contributed by atoms with Crippen molar-refractivity contribution in [3.05, 3.63) is 93.4 Å². The summed E-state index contributed by atoms with van der Waals surface area (Å²) in [6, 6.07) is 11.8. The van der Waals surface area contributed by atoms with E-state index in [1.165, 1.54) is 39.3 Å². The largest absolute Gasteiger partial charge is 0.758 e. The maximum Gasteiger partial charge on any atom is 0.317 e. The van der Waals surface area contributed by atoms with Gasteiger partial charge in [-0.15, -0.1) is 0 Å². The highest BCUT2D eigenvalue weighted by Gasteiger charge is 2.52. The topological polar surface area (TPSA) is 134 Å². The number of fused-ring (bicyclic) bond motifs is 1. The van der Waals surface area contributed by atoms with Crippen molar-refractivity contribution in [2.24, 2.45) is 0 Å². The van der Waals surface area contributed by atoms with Crippen LogP contribution in [0.2, 0.25) is 10.0 Å². The fourth-order valence-corrected chi connectivity index (χ4v) is 8.08. The Morgan fingerprint density at radius 1 is 1.07 bits per heavy atom. The first-order valence-electron chi connectivity index (χ1n) is 14.2. The van der Waals surface area contributed by atoms with Gasteiger partial charge in [-0.2, -0.15) is 4.31 Å². The van der Waals surface area contributed by atoms with E-state index in [0.717, 1.165) is 21.8 Å². The predicted molar refractivity (Wildman–Crippen MR) is 172 cm³/mol. The lowest BCUT2D eigenvalue weighted by Crippen LogP contribution is -2.53. The molecule has 0 radical (unpaired) electrons. The van der Waals surface area contributed by atoms with Crippen LogP contribution < -0.4 is 10.2 Å². The van der Waals surface area contributed by atoms with E-state index in [0.29, 0.717) is 22.3 Å². The van der Waals surface area contributed by atoms with Gasteiger partial charge in [-0.3, -0.25) is 9.36 Å². The summed E-state index contributed by atoms with van der Waals surface area (Å²) >= 11 is 12.6. The lowest BCUT2D eigenvalue weighted by atomic mass is 9.91. The minimum atomic E-state index is -4.14. The Bertz CT molecular complexity index is 1810. The third kappa shape index (κ3) is 5.59. The van der Waals surface area contributed by atoms with E-state index >= 15 is 0 Å². The average molecular weight is 672 g/mol. The molecule has 3 aliphatic heterocycles. The van der Waals surface area contributed by atoms with Gasteiger partial charge in [0, 0.05) is 56.2 Å². The minimum Gasteiger partial charge on any atom is -0.758 e. The van der Waals surface area contributed by atoms with E-state index in [1.807, 2.05) is 30.3 Å². The number of carbonyl (C=O) groups is 2. The zero-order chi connectivity index (χ0) is 32.1. The standard InChI is InChI=1S/C30H30Cl2N7O5S/c1-30(17-20-5-7-21(8-6-20)22-4-3-9-36(42)19-22)27(40)38(25-15-23(31)14-24(32)16-25)28-34-18-26(39(28)30)45(43,44)37-12-10-35(11-13-37)29(41)33-2/h3-8,14-16,18-19H,9-13,17H2,1-2H3,(H,33,41)/q-1/t30-/m1/s1. The first-order valence-corrected chi connectivity index (χ1v) is 16.4. The molecule has 1 aromatic heterocycles. The van der Waals surface area contributed by atoms with Crippen molar-refractivity contribution in [3.8, 4) is 0 Å². The number of hydroxylamine groups is 2. The van der Waals surface area contributed by atoms with E-state index in [2.05, 4.69) is 10.3 Å². The number of halogens is 2. The summed E-state index contributed by atoms with van der Waals surface area (Å²) in [6.07, 6.45) is 6.58. The van der Waals surface area contributed by atoms with Crippen molar-refractivity contribution in [3.63, 3.8) is 0 Å². The maximum absolute atomic E-state index is 14.4. The number of piperazine rings is 1. The zero-order valence-corrected chi connectivity index (χ0v) is 26.8. The Balaban J connectivity index is 1.39. The number of nitrogens with zero attached hydrogens (tertiary/aromatic N) is 6. The molecule has 1 fully saturated rings. The molecule has 4 heterocycles. The molecule has 2 aromatic carbocycles. The van der Waals surface area contributed by atoms with Gasteiger partial charge >= 0.3 is 6.03 Å². The van der Waals surface area contributed by atoms with Gasteiger partial charge in [0.05, 0.1) is 11.9 Å². The Morgan fingerprint density at radius 3 is 2.36 bits per heavy atom. The van der Waals surface area contributed by atoms with E-state index in [1.54, 1.807) is 30.0 Å². The molecule has 0 unspecified atom stereocenters. The molecule has 45 heavy (non-hydrogen) atoms. The molecule has 1 atom stereocenters. The monoisotopic (exact) mass is 670 g/mol. The number of imidazole rings is 1. The van der Waals surface area contributed by atoms with Gasteiger partial charge < -0.3 is 20.5 Å². The lowest BCUT2D eigenvalue weighted by Gasteiger charge is -2.34. The summed E-state index contributed by atoms with van der Waals surface area (Å²) < 4.78 is 31.0. The summed E-state index contributed by atoms with van der Waals surface area (Å²) in [6.45, 7) is 2.57. The molecule has 0 saturated carbocycles. The predicted octanol–water partition coefficient (Wildman–Crippen LogP) is 4.18. The Labute approximate surface area is 270 Å². The molecule has 6 rings (SSSR count). The van der Waals surface area contributed by atoms with Crippen LogP contribution in [0, 0.1) is 5.21 Å². The molecule has 3 aliphatic rings. The molecule has 236 valence electrons.